The van der Waals surface area contributed by atoms with E-state index in [0.717, 1.165) is 24.3 Å². The summed E-state index contributed by atoms with van der Waals surface area (Å²) in [6, 6.07) is 3.24. The number of aldehydes is 1. The molecule has 1 atom stereocenters. The number of ether oxygens (including phenoxy) is 1. The van der Waals surface area contributed by atoms with Crippen LogP contribution in [-0.2, 0) is 4.79 Å². The number of carbonyl (C=O) groups is 1. The van der Waals surface area contributed by atoms with Crippen molar-refractivity contribution in [2.75, 3.05) is 6.67 Å². The Morgan fingerprint density at radius 2 is 1.63 bits per heavy atom. The van der Waals surface area contributed by atoms with Gasteiger partial charge in [-0.05, 0) is 17.7 Å². The number of rotatable bonds is 5. The third-order valence-corrected chi connectivity index (χ3v) is 2.15. The first-order valence-corrected chi connectivity index (χ1v) is 4.94. The predicted octanol–water partition coefficient (Wildman–Crippen LogP) is 3.47. The summed E-state index contributed by atoms with van der Waals surface area (Å²) in [5, 5.41) is 0. The molecule has 8 heteroatoms. The summed E-state index contributed by atoms with van der Waals surface area (Å²) >= 11 is 0. The summed E-state index contributed by atoms with van der Waals surface area (Å²) in [5.41, 5.74) is -0.418. The molecule has 0 bridgehead atoms. The van der Waals surface area contributed by atoms with Crippen molar-refractivity contribution < 1.29 is 35.9 Å². The lowest BCUT2D eigenvalue weighted by Crippen LogP contribution is -2.27. The van der Waals surface area contributed by atoms with Gasteiger partial charge in [-0.25, -0.2) is 4.39 Å². The summed E-state index contributed by atoms with van der Waals surface area (Å²) < 4.78 is 78.0. The SMILES string of the molecule is O=CC(c1ccc(OC(F)(F)CF)cc1)C(F)(F)F. The van der Waals surface area contributed by atoms with Crippen LogP contribution in [0.2, 0.25) is 0 Å². The molecule has 0 radical (unpaired) electrons. The van der Waals surface area contributed by atoms with E-state index in [4.69, 9.17) is 0 Å². The Bertz CT molecular complexity index is 426. The van der Waals surface area contributed by atoms with Crippen LogP contribution >= 0.6 is 0 Å². The van der Waals surface area contributed by atoms with Crippen molar-refractivity contribution in [3.05, 3.63) is 29.8 Å². The summed E-state index contributed by atoms with van der Waals surface area (Å²) in [6.45, 7) is -2.06. The molecule has 1 aromatic carbocycles. The number of benzene rings is 1. The fraction of sp³-hybridized carbons (Fsp3) is 0.364. The van der Waals surface area contributed by atoms with E-state index in [9.17, 15) is 31.1 Å². The van der Waals surface area contributed by atoms with E-state index in [1.807, 2.05) is 0 Å². The summed E-state index contributed by atoms with van der Waals surface area (Å²) in [4.78, 5) is 10.4. The maximum Gasteiger partial charge on any atom is 0.427 e. The average molecular weight is 286 g/mol. The van der Waals surface area contributed by atoms with E-state index in [1.54, 1.807) is 0 Å². The molecule has 0 saturated carbocycles. The zero-order chi connectivity index (χ0) is 14.7. The van der Waals surface area contributed by atoms with E-state index in [1.165, 1.54) is 0 Å². The van der Waals surface area contributed by atoms with Crippen molar-refractivity contribution in [1.29, 1.82) is 0 Å². The van der Waals surface area contributed by atoms with E-state index in [2.05, 4.69) is 4.74 Å². The first-order valence-electron chi connectivity index (χ1n) is 4.94. The van der Waals surface area contributed by atoms with Gasteiger partial charge in [0.1, 0.15) is 18.0 Å². The van der Waals surface area contributed by atoms with Crippen molar-refractivity contribution in [1.82, 2.24) is 0 Å². The number of hydrogen-bond donors (Lipinski definition) is 0. The van der Waals surface area contributed by atoms with Gasteiger partial charge in [0.2, 0.25) is 0 Å². The number of hydrogen-bond acceptors (Lipinski definition) is 2. The van der Waals surface area contributed by atoms with Gasteiger partial charge in [0.05, 0.1) is 0 Å². The van der Waals surface area contributed by atoms with Gasteiger partial charge in [-0.2, -0.15) is 22.0 Å². The molecule has 0 saturated heterocycles. The van der Waals surface area contributed by atoms with Crippen LogP contribution in [0.3, 0.4) is 0 Å². The van der Waals surface area contributed by atoms with Crippen LogP contribution in [0.5, 0.6) is 5.75 Å². The van der Waals surface area contributed by atoms with Crippen LogP contribution in [0.15, 0.2) is 24.3 Å². The van der Waals surface area contributed by atoms with Gasteiger partial charge in [0.15, 0.2) is 6.67 Å². The molecule has 0 aliphatic carbocycles. The molecular weight excluding hydrogens is 278 g/mol. The lowest BCUT2D eigenvalue weighted by Gasteiger charge is -2.17. The Kier molecular flexibility index (Phi) is 4.43. The second-order valence-electron chi connectivity index (χ2n) is 3.60. The standard InChI is InChI=1S/C11H8F6O2/c12-6-10(13,14)19-8-3-1-7(2-4-8)9(5-18)11(15,16)17/h1-5,9H,6H2. The molecule has 0 heterocycles. The maximum absolute atomic E-state index is 12.5. The van der Waals surface area contributed by atoms with Gasteiger partial charge in [0.25, 0.3) is 0 Å². The zero-order valence-electron chi connectivity index (χ0n) is 9.26. The van der Waals surface area contributed by atoms with Crippen LogP contribution in [0.4, 0.5) is 26.3 Å². The van der Waals surface area contributed by atoms with Crippen LogP contribution in [-0.4, -0.2) is 25.2 Å². The van der Waals surface area contributed by atoms with Crippen LogP contribution < -0.4 is 4.74 Å². The van der Waals surface area contributed by atoms with Gasteiger partial charge in [-0.1, -0.05) is 12.1 Å². The lowest BCUT2D eigenvalue weighted by molar-refractivity contribution is -0.186. The highest BCUT2D eigenvalue weighted by Gasteiger charge is 2.40. The first-order chi connectivity index (χ1) is 8.69. The number of carbonyl (C=O) groups excluding carboxylic acids is 1. The molecule has 1 rings (SSSR count). The first kappa shape index (κ1) is 15.3. The maximum atomic E-state index is 12.5. The molecule has 0 spiro atoms. The van der Waals surface area contributed by atoms with Crippen molar-refractivity contribution >= 4 is 6.29 Å². The van der Waals surface area contributed by atoms with E-state index in [-0.39, 0.29) is 6.29 Å². The van der Waals surface area contributed by atoms with Crippen LogP contribution in [0.1, 0.15) is 11.5 Å². The second kappa shape index (κ2) is 5.50. The molecule has 0 aromatic heterocycles. The Morgan fingerprint density at radius 3 is 2.00 bits per heavy atom. The summed E-state index contributed by atoms with van der Waals surface area (Å²) in [7, 11) is 0. The molecule has 106 valence electrons. The van der Waals surface area contributed by atoms with Gasteiger partial charge in [-0.3, -0.25) is 0 Å². The molecule has 0 amide bonds. The molecule has 1 unspecified atom stereocenters. The molecule has 19 heavy (non-hydrogen) atoms. The van der Waals surface area contributed by atoms with E-state index < -0.39 is 36.2 Å². The summed E-state index contributed by atoms with van der Waals surface area (Å²) in [5.74, 6) is -2.85. The number of alkyl halides is 6. The average Bonchev–Trinajstić information content (AvgIpc) is 2.30. The monoisotopic (exact) mass is 286 g/mol. The molecular formula is C11H8F6O2. The molecule has 0 N–H and O–H groups in total. The third kappa shape index (κ3) is 4.15. The molecule has 0 fully saturated rings. The Balaban J connectivity index is 2.90. The fourth-order valence-electron chi connectivity index (χ4n) is 1.29. The quantitative estimate of drug-likeness (QED) is 0.612. The minimum atomic E-state index is -4.77. The predicted molar refractivity (Wildman–Crippen MR) is 52.9 cm³/mol. The Hall–Kier alpha value is -1.73. The van der Waals surface area contributed by atoms with Gasteiger partial charge >= 0.3 is 12.3 Å². The molecule has 1 aromatic rings. The van der Waals surface area contributed by atoms with Gasteiger partial charge in [-0.15, -0.1) is 0 Å². The van der Waals surface area contributed by atoms with E-state index >= 15 is 0 Å². The lowest BCUT2D eigenvalue weighted by atomic mass is 10.0. The smallest absolute Gasteiger partial charge is 0.427 e. The normalized spacial score (nSPS) is 14.0. The molecule has 0 aliphatic heterocycles. The second-order valence-corrected chi connectivity index (χ2v) is 3.60. The topological polar surface area (TPSA) is 26.3 Å². The highest BCUT2D eigenvalue weighted by molar-refractivity contribution is 5.63. The fourth-order valence-corrected chi connectivity index (χ4v) is 1.29. The van der Waals surface area contributed by atoms with Gasteiger partial charge in [0, 0.05) is 0 Å². The van der Waals surface area contributed by atoms with E-state index in [0.29, 0.717) is 0 Å². The van der Waals surface area contributed by atoms with Gasteiger partial charge < -0.3 is 9.53 Å². The molecule has 0 aliphatic rings. The molecule has 2 nitrogen and oxygen atoms in total. The zero-order valence-corrected chi connectivity index (χ0v) is 9.26. The van der Waals surface area contributed by atoms with Crippen molar-refractivity contribution in [3.8, 4) is 5.75 Å². The van der Waals surface area contributed by atoms with Crippen LogP contribution in [0, 0.1) is 0 Å². The Morgan fingerprint density at radius 1 is 1.11 bits per heavy atom. The number of halogens is 6. The highest BCUT2D eigenvalue weighted by atomic mass is 19.4. The van der Waals surface area contributed by atoms with Crippen LogP contribution in [0.25, 0.3) is 0 Å². The minimum absolute atomic E-state index is 0.300. The largest absolute Gasteiger partial charge is 0.431 e. The van der Waals surface area contributed by atoms with Crippen molar-refractivity contribution in [3.63, 3.8) is 0 Å². The van der Waals surface area contributed by atoms with Crippen molar-refractivity contribution in [2.45, 2.75) is 18.2 Å². The highest BCUT2D eigenvalue weighted by Crippen LogP contribution is 2.34. The Labute approximate surface area is 104 Å². The van der Waals surface area contributed by atoms with Crippen molar-refractivity contribution in [2.24, 2.45) is 0 Å². The minimum Gasteiger partial charge on any atom is -0.431 e. The summed E-state index contributed by atoms with van der Waals surface area (Å²) in [6.07, 6.45) is -9.12. The third-order valence-electron chi connectivity index (χ3n) is 2.15.